The lowest BCUT2D eigenvalue weighted by atomic mass is 9.81. The number of benzene rings is 1. The second-order valence-electron chi connectivity index (χ2n) is 5.18. The first-order valence-corrected chi connectivity index (χ1v) is 6.60. The number of hydrogen-bond acceptors (Lipinski definition) is 3. The van der Waals surface area contributed by atoms with Crippen molar-refractivity contribution in [2.45, 2.75) is 44.6 Å². The number of para-hydroxylation sites is 1. The zero-order chi connectivity index (χ0) is 13.9. The number of carboxylic acids is 1. The Kier molecular flexibility index (Phi) is 3.75. The van der Waals surface area contributed by atoms with Gasteiger partial charge in [-0.3, -0.25) is 0 Å². The first-order valence-electron chi connectivity index (χ1n) is 6.60. The zero-order valence-electron chi connectivity index (χ0n) is 11.1. The van der Waals surface area contributed by atoms with Crippen LogP contribution in [0, 0.1) is 18.3 Å². The molecular weight excluding hydrogens is 240 g/mol. The fraction of sp³-hybridized carbons (Fsp3) is 0.467. The average molecular weight is 258 g/mol. The molecule has 1 fully saturated rings. The van der Waals surface area contributed by atoms with Crippen molar-refractivity contribution in [3.05, 3.63) is 29.3 Å². The molecule has 1 aromatic rings. The molecule has 1 aliphatic rings. The highest BCUT2D eigenvalue weighted by molar-refractivity contribution is 5.84. The number of nitrogens with one attached hydrogen (secondary N) is 1. The van der Waals surface area contributed by atoms with E-state index in [0.717, 1.165) is 24.8 Å². The van der Waals surface area contributed by atoms with Crippen LogP contribution in [0.25, 0.3) is 0 Å². The first-order chi connectivity index (χ1) is 9.09. The van der Waals surface area contributed by atoms with Crippen LogP contribution in [0.2, 0.25) is 0 Å². The standard InChI is InChI=1S/C15H18N2O2/c1-11-6-5-7-12(10-16)13(11)17-15(14(18)19)8-3-2-4-9-15/h5-7,17H,2-4,8-9H2,1H3,(H,18,19). The normalized spacial score (nSPS) is 17.5. The van der Waals surface area contributed by atoms with Crippen molar-refractivity contribution in [3.8, 4) is 6.07 Å². The Morgan fingerprint density at radius 3 is 2.63 bits per heavy atom. The average Bonchev–Trinajstić information content (AvgIpc) is 2.42. The maximum absolute atomic E-state index is 11.6. The van der Waals surface area contributed by atoms with Gasteiger partial charge in [0, 0.05) is 0 Å². The molecule has 19 heavy (non-hydrogen) atoms. The van der Waals surface area contributed by atoms with Crippen molar-refractivity contribution in [1.29, 1.82) is 5.26 Å². The number of carboxylic acid groups (broad SMARTS) is 1. The molecule has 1 aliphatic carbocycles. The van der Waals surface area contributed by atoms with Gasteiger partial charge in [-0.15, -0.1) is 0 Å². The Bertz CT molecular complexity index is 525. The summed E-state index contributed by atoms with van der Waals surface area (Å²) < 4.78 is 0. The van der Waals surface area contributed by atoms with E-state index in [1.165, 1.54) is 0 Å². The Labute approximate surface area is 113 Å². The molecule has 1 aromatic carbocycles. The molecule has 0 aliphatic heterocycles. The quantitative estimate of drug-likeness (QED) is 0.873. The van der Waals surface area contributed by atoms with Crippen molar-refractivity contribution in [2.24, 2.45) is 0 Å². The third-order valence-corrected chi connectivity index (χ3v) is 3.87. The van der Waals surface area contributed by atoms with Crippen molar-refractivity contribution < 1.29 is 9.90 Å². The van der Waals surface area contributed by atoms with Crippen molar-refractivity contribution in [1.82, 2.24) is 0 Å². The highest BCUT2D eigenvalue weighted by Gasteiger charge is 2.40. The molecule has 0 radical (unpaired) electrons. The fourth-order valence-corrected chi connectivity index (χ4v) is 2.71. The summed E-state index contributed by atoms with van der Waals surface area (Å²) in [5.74, 6) is -0.820. The number of carbonyl (C=O) groups is 1. The summed E-state index contributed by atoms with van der Waals surface area (Å²) in [6.07, 6.45) is 4.12. The number of anilines is 1. The van der Waals surface area contributed by atoms with E-state index in [1.807, 2.05) is 19.1 Å². The molecule has 2 rings (SSSR count). The van der Waals surface area contributed by atoms with Crippen molar-refractivity contribution in [3.63, 3.8) is 0 Å². The van der Waals surface area contributed by atoms with Crippen LogP contribution in [0.4, 0.5) is 5.69 Å². The molecule has 2 N–H and O–H groups in total. The summed E-state index contributed by atoms with van der Waals surface area (Å²) in [7, 11) is 0. The smallest absolute Gasteiger partial charge is 0.329 e. The van der Waals surface area contributed by atoms with Crippen LogP contribution in [-0.2, 0) is 4.79 Å². The summed E-state index contributed by atoms with van der Waals surface area (Å²) in [4.78, 5) is 11.6. The van der Waals surface area contributed by atoms with Gasteiger partial charge >= 0.3 is 5.97 Å². The Balaban J connectivity index is 2.38. The van der Waals surface area contributed by atoms with Gasteiger partial charge in [-0.05, 0) is 31.4 Å². The summed E-state index contributed by atoms with van der Waals surface area (Å²) in [6.45, 7) is 1.89. The number of aliphatic carboxylic acids is 1. The number of aryl methyl sites for hydroxylation is 1. The topological polar surface area (TPSA) is 73.1 Å². The minimum atomic E-state index is -0.921. The highest BCUT2D eigenvalue weighted by atomic mass is 16.4. The lowest BCUT2D eigenvalue weighted by molar-refractivity contribution is -0.143. The molecule has 0 amide bonds. The third-order valence-electron chi connectivity index (χ3n) is 3.87. The van der Waals surface area contributed by atoms with E-state index >= 15 is 0 Å². The lowest BCUT2D eigenvalue weighted by Gasteiger charge is -2.35. The van der Waals surface area contributed by atoms with Gasteiger partial charge in [0.05, 0.1) is 11.3 Å². The van der Waals surface area contributed by atoms with Gasteiger partial charge < -0.3 is 10.4 Å². The molecule has 0 unspecified atom stereocenters. The van der Waals surface area contributed by atoms with E-state index < -0.39 is 11.5 Å². The predicted octanol–water partition coefficient (Wildman–Crippen LogP) is 3.07. The number of nitrogens with zero attached hydrogens (tertiary/aromatic N) is 1. The van der Waals surface area contributed by atoms with Crippen LogP contribution in [0.5, 0.6) is 0 Å². The van der Waals surface area contributed by atoms with E-state index in [9.17, 15) is 9.90 Å². The second-order valence-corrected chi connectivity index (χ2v) is 5.18. The Morgan fingerprint density at radius 1 is 1.37 bits per heavy atom. The van der Waals surface area contributed by atoms with Gasteiger partial charge in [-0.25, -0.2) is 4.79 Å². The Morgan fingerprint density at radius 2 is 2.05 bits per heavy atom. The van der Waals surface area contributed by atoms with Gasteiger partial charge in [0.2, 0.25) is 0 Å². The maximum Gasteiger partial charge on any atom is 0.329 e. The number of hydrogen-bond donors (Lipinski definition) is 2. The molecule has 0 aromatic heterocycles. The second kappa shape index (κ2) is 5.31. The molecule has 1 saturated carbocycles. The van der Waals surface area contributed by atoms with Crippen LogP contribution in [-0.4, -0.2) is 16.6 Å². The molecule has 4 heteroatoms. The predicted molar refractivity (Wildman–Crippen MR) is 73.0 cm³/mol. The third kappa shape index (κ3) is 2.55. The van der Waals surface area contributed by atoms with Gasteiger partial charge in [-0.1, -0.05) is 31.4 Å². The van der Waals surface area contributed by atoms with Crippen molar-refractivity contribution in [2.75, 3.05) is 5.32 Å². The molecule has 4 nitrogen and oxygen atoms in total. The van der Waals surface area contributed by atoms with Crippen molar-refractivity contribution >= 4 is 11.7 Å². The van der Waals surface area contributed by atoms with Gasteiger partial charge in [0.1, 0.15) is 11.6 Å². The summed E-state index contributed by atoms with van der Waals surface area (Å²) in [5, 5.41) is 21.9. The van der Waals surface area contributed by atoms with Gasteiger partial charge in [-0.2, -0.15) is 5.26 Å². The maximum atomic E-state index is 11.6. The van der Waals surface area contributed by atoms with Crippen LogP contribution < -0.4 is 5.32 Å². The summed E-state index contributed by atoms with van der Waals surface area (Å²) in [5.41, 5.74) is 1.15. The van der Waals surface area contributed by atoms with E-state index in [-0.39, 0.29) is 0 Å². The largest absolute Gasteiger partial charge is 0.480 e. The minimum Gasteiger partial charge on any atom is -0.480 e. The van der Waals surface area contributed by atoms with E-state index in [4.69, 9.17) is 5.26 Å². The van der Waals surface area contributed by atoms with Crippen LogP contribution in [0.1, 0.15) is 43.2 Å². The monoisotopic (exact) mass is 258 g/mol. The molecule has 100 valence electrons. The fourth-order valence-electron chi connectivity index (χ4n) is 2.71. The summed E-state index contributed by atoms with van der Waals surface area (Å²) in [6, 6.07) is 7.55. The number of rotatable bonds is 3. The SMILES string of the molecule is Cc1cccc(C#N)c1NC1(C(=O)O)CCCCC1. The van der Waals surface area contributed by atoms with E-state index in [0.29, 0.717) is 24.1 Å². The zero-order valence-corrected chi connectivity index (χ0v) is 11.1. The minimum absolute atomic E-state index is 0.506. The first kappa shape index (κ1) is 13.4. The lowest BCUT2D eigenvalue weighted by Crippen LogP contribution is -2.48. The Hall–Kier alpha value is -2.02. The van der Waals surface area contributed by atoms with Crippen LogP contribution >= 0.6 is 0 Å². The van der Waals surface area contributed by atoms with Gasteiger partial charge in [0.15, 0.2) is 0 Å². The van der Waals surface area contributed by atoms with Gasteiger partial charge in [0.25, 0.3) is 0 Å². The molecule has 0 bridgehead atoms. The molecule has 0 heterocycles. The number of nitriles is 1. The van der Waals surface area contributed by atoms with E-state index in [2.05, 4.69) is 11.4 Å². The highest BCUT2D eigenvalue weighted by Crippen LogP contribution is 2.34. The molecule has 0 atom stereocenters. The van der Waals surface area contributed by atoms with Crippen LogP contribution in [0.15, 0.2) is 18.2 Å². The molecule has 0 spiro atoms. The van der Waals surface area contributed by atoms with E-state index in [1.54, 1.807) is 6.07 Å². The molecule has 0 saturated heterocycles. The van der Waals surface area contributed by atoms with Crippen LogP contribution in [0.3, 0.4) is 0 Å². The summed E-state index contributed by atoms with van der Waals surface area (Å²) >= 11 is 0. The molecular formula is C15H18N2O2.